The predicted octanol–water partition coefficient (Wildman–Crippen LogP) is 6.19. The van der Waals surface area contributed by atoms with Crippen LogP contribution in [0.15, 0.2) is 87.8 Å². The van der Waals surface area contributed by atoms with Crippen molar-refractivity contribution in [1.82, 2.24) is 5.43 Å². The summed E-state index contributed by atoms with van der Waals surface area (Å²) < 4.78 is 12.1. The van der Waals surface area contributed by atoms with Gasteiger partial charge in [0.1, 0.15) is 16.4 Å². The van der Waals surface area contributed by atoms with E-state index >= 15 is 0 Å². The smallest absolute Gasteiger partial charge is 0.353 e. The minimum absolute atomic E-state index is 0.347. The highest BCUT2D eigenvalue weighted by atomic mass is 79.9. The molecule has 34 heavy (non-hydrogen) atoms. The van der Waals surface area contributed by atoms with Gasteiger partial charge in [-0.05, 0) is 80.5 Å². The second-order valence-electron chi connectivity index (χ2n) is 7.28. The highest BCUT2D eigenvalue weighted by molar-refractivity contribution is 9.10. The van der Waals surface area contributed by atoms with Gasteiger partial charge in [-0.1, -0.05) is 43.3 Å². The molecule has 0 radical (unpaired) electrons. The summed E-state index contributed by atoms with van der Waals surface area (Å²) in [7, 11) is 0. The first-order valence-corrected chi connectivity index (χ1v) is 12.2. The van der Waals surface area contributed by atoms with E-state index in [-0.39, 0.29) is 5.91 Å². The van der Waals surface area contributed by atoms with Crippen molar-refractivity contribution in [3.63, 3.8) is 0 Å². The van der Waals surface area contributed by atoms with E-state index in [0.717, 1.165) is 20.8 Å². The Morgan fingerprint density at radius 3 is 2.59 bits per heavy atom. The van der Waals surface area contributed by atoms with Crippen molar-refractivity contribution in [3.8, 4) is 11.5 Å². The van der Waals surface area contributed by atoms with Crippen molar-refractivity contribution >= 4 is 56.1 Å². The van der Waals surface area contributed by atoms with Gasteiger partial charge in [-0.15, -0.1) is 11.3 Å². The number of esters is 1. The second-order valence-corrected chi connectivity index (χ2v) is 9.02. The van der Waals surface area contributed by atoms with E-state index in [0.29, 0.717) is 22.8 Å². The van der Waals surface area contributed by atoms with Crippen LogP contribution in [0.5, 0.6) is 11.5 Å². The van der Waals surface area contributed by atoms with Crippen molar-refractivity contribution in [2.45, 2.75) is 19.4 Å². The van der Waals surface area contributed by atoms with Gasteiger partial charge in [-0.2, -0.15) is 5.10 Å². The van der Waals surface area contributed by atoms with Crippen LogP contribution < -0.4 is 14.9 Å². The number of carbonyl (C=O) groups excluding carboxylic acids is 2. The Labute approximate surface area is 209 Å². The maximum absolute atomic E-state index is 12.6. The summed E-state index contributed by atoms with van der Waals surface area (Å²) in [6.45, 7) is 1.87. The molecule has 0 aliphatic carbocycles. The van der Waals surface area contributed by atoms with Crippen LogP contribution >= 0.6 is 27.3 Å². The lowest BCUT2D eigenvalue weighted by atomic mass is 10.1. The van der Waals surface area contributed by atoms with Gasteiger partial charge in [0.05, 0.1) is 10.7 Å². The number of carbonyl (C=O) groups is 2. The second kappa shape index (κ2) is 11.1. The van der Waals surface area contributed by atoms with Crippen LogP contribution in [0, 0.1) is 0 Å². The SMILES string of the molecule is CCC(Oc1ccc2ccccc2c1Br)C(=O)NN=Cc1ccc(OC(=O)c2cccs2)cc1. The maximum Gasteiger partial charge on any atom is 0.353 e. The molecule has 0 fully saturated rings. The Morgan fingerprint density at radius 2 is 1.85 bits per heavy atom. The number of benzene rings is 3. The number of hydrogen-bond donors (Lipinski definition) is 1. The number of rotatable bonds is 8. The zero-order chi connectivity index (χ0) is 23.9. The first-order chi connectivity index (χ1) is 16.5. The number of ether oxygens (including phenoxy) is 2. The summed E-state index contributed by atoms with van der Waals surface area (Å²) in [5.41, 5.74) is 3.27. The van der Waals surface area contributed by atoms with E-state index in [2.05, 4.69) is 26.5 Å². The van der Waals surface area contributed by atoms with Gasteiger partial charge in [0.15, 0.2) is 6.10 Å². The van der Waals surface area contributed by atoms with Crippen LogP contribution in [0.3, 0.4) is 0 Å². The standard InChI is InChI=1S/C26H21BrN2O4S/c1-2-21(33-22-14-11-18-6-3-4-7-20(18)24(22)27)25(30)29-28-16-17-9-12-19(13-10-17)32-26(31)23-8-5-15-34-23/h3-16,21H,2H2,1H3,(H,29,30). The van der Waals surface area contributed by atoms with E-state index < -0.39 is 12.1 Å². The molecular formula is C26H21BrN2O4S. The third-order valence-electron chi connectivity index (χ3n) is 4.96. The van der Waals surface area contributed by atoms with Crippen LogP contribution in [0.2, 0.25) is 0 Å². The topological polar surface area (TPSA) is 77.0 Å². The van der Waals surface area contributed by atoms with Crippen molar-refractivity contribution in [1.29, 1.82) is 0 Å². The zero-order valence-corrected chi connectivity index (χ0v) is 20.6. The third-order valence-corrected chi connectivity index (χ3v) is 6.63. The molecule has 0 spiro atoms. The average Bonchev–Trinajstić information content (AvgIpc) is 3.40. The fourth-order valence-electron chi connectivity index (χ4n) is 3.20. The van der Waals surface area contributed by atoms with E-state index in [1.165, 1.54) is 17.6 Å². The summed E-state index contributed by atoms with van der Waals surface area (Å²) in [5.74, 6) is 0.282. The minimum Gasteiger partial charge on any atom is -0.479 e. The predicted molar refractivity (Wildman–Crippen MR) is 138 cm³/mol. The number of hydrazone groups is 1. The molecule has 0 saturated heterocycles. The molecule has 0 aliphatic heterocycles. The number of amides is 1. The summed E-state index contributed by atoms with van der Waals surface area (Å²) in [5, 5.41) is 7.94. The summed E-state index contributed by atoms with van der Waals surface area (Å²) >= 11 is 4.91. The van der Waals surface area contributed by atoms with Crippen LogP contribution in [0.1, 0.15) is 28.6 Å². The molecule has 3 aromatic carbocycles. The highest BCUT2D eigenvalue weighted by Crippen LogP contribution is 2.33. The lowest BCUT2D eigenvalue weighted by Gasteiger charge is -2.17. The third kappa shape index (κ3) is 5.70. The first kappa shape index (κ1) is 23.7. The van der Waals surface area contributed by atoms with Crippen molar-refractivity contribution in [2.24, 2.45) is 5.10 Å². The Balaban J connectivity index is 1.34. The molecule has 1 aromatic heterocycles. The lowest BCUT2D eigenvalue weighted by Crippen LogP contribution is -2.35. The summed E-state index contributed by atoms with van der Waals surface area (Å²) in [6, 6.07) is 22.1. The molecule has 4 aromatic rings. The Kier molecular flexibility index (Phi) is 7.72. The molecule has 1 atom stereocenters. The molecule has 1 N–H and O–H groups in total. The van der Waals surface area contributed by atoms with Gasteiger partial charge in [0, 0.05) is 0 Å². The van der Waals surface area contributed by atoms with E-state index in [9.17, 15) is 9.59 Å². The molecular weight excluding hydrogens is 516 g/mol. The monoisotopic (exact) mass is 536 g/mol. The first-order valence-electron chi connectivity index (χ1n) is 10.6. The van der Waals surface area contributed by atoms with E-state index in [4.69, 9.17) is 9.47 Å². The molecule has 6 nitrogen and oxygen atoms in total. The van der Waals surface area contributed by atoms with Gasteiger partial charge < -0.3 is 9.47 Å². The van der Waals surface area contributed by atoms with Gasteiger partial charge >= 0.3 is 5.97 Å². The summed E-state index contributed by atoms with van der Waals surface area (Å²) in [4.78, 5) is 25.2. The highest BCUT2D eigenvalue weighted by Gasteiger charge is 2.19. The fraction of sp³-hybridized carbons (Fsp3) is 0.115. The number of nitrogens with one attached hydrogen (secondary N) is 1. The van der Waals surface area contributed by atoms with Crippen LogP contribution in [0.25, 0.3) is 10.8 Å². The number of thiophene rings is 1. The Bertz CT molecular complexity index is 1320. The van der Waals surface area contributed by atoms with E-state index in [1.54, 1.807) is 36.4 Å². The lowest BCUT2D eigenvalue weighted by molar-refractivity contribution is -0.128. The molecule has 172 valence electrons. The van der Waals surface area contributed by atoms with Gasteiger partial charge in [-0.3, -0.25) is 4.79 Å². The van der Waals surface area contributed by atoms with Crippen molar-refractivity contribution in [2.75, 3.05) is 0 Å². The van der Waals surface area contributed by atoms with Crippen LogP contribution in [-0.4, -0.2) is 24.2 Å². The Hall–Kier alpha value is -3.49. The maximum atomic E-state index is 12.6. The number of hydrogen-bond acceptors (Lipinski definition) is 6. The normalized spacial score (nSPS) is 11.9. The number of halogens is 1. The van der Waals surface area contributed by atoms with Gasteiger partial charge in [0.2, 0.25) is 0 Å². The Morgan fingerprint density at radius 1 is 1.06 bits per heavy atom. The van der Waals surface area contributed by atoms with E-state index in [1.807, 2.05) is 48.7 Å². The number of fused-ring (bicyclic) bond motifs is 1. The zero-order valence-electron chi connectivity index (χ0n) is 18.2. The molecule has 1 amide bonds. The molecule has 1 unspecified atom stereocenters. The fourth-order valence-corrected chi connectivity index (χ4v) is 4.38. The molecule has 0 bridgehead atoms. The molecule has 0 saturated carbocycles. The van der Waals surface area contributed by atoms with Gasteiger partial charge in [0.25, 0.3) is 5.91 Å². The van der Waals surface area contributed by atoms with Crippen molar-refractivity contribution < 1.29 is 19.1 Å². The molecule has 4 rings (SSSR count). The largest absolute Gasteiger partial charge is 0.479 e. The molecule has 0 aliphatic rings. The summed E-state index contributed by atoms with van der Waals surface area (Å²) in [6.07, 6.45) is 1.29. The van der Waals surface area contributed by atoms with Crippen LogP contribution in [0.4, 0.5) is 0 Å². The van der Waals surface area contributed by atoms with Crippen LogP contribution in [-0.2, 0) is 4.79 Å². The molecule has 1 heterocycles. The number of nitrogens with zero attached hydrogens (tertiary/aromatic N) is 1. The average molecular weight is 537 g/mol. The minimum atomic E-state index is -0.700. The van der Waals surface area contributed by atoms with Gasteiger partial charge in [-0.25, -0.2) is 10.2 Å². The van der Waals surface area contributed by atoms with Crippen molar-refractivity contribution in [3.05, 3.63) is 93.1 Å². The molecule has 8 heteroatoms. The quantitative estimate of drug-likeness (QED) is 0.126.